The van der Waals surface area contributed by atoms with Gasteiger partial charge < -0.3 is 19.6 Å². The van der Waals surface area contributed by atoms with Crippen molar-refractivity contribution in [1.82, 2.24) is 9.97 Å². The number of hydrogen-bond acceptors (Lipinski definition) is 6. The summed E-state index contributed by atoms with van der Waals surface area (Å²) in [7, 11) is 1.12. The summed E-state index contributed by atoms with van der Waals surface area (Å²) in [6.07, 6.45) is 1.91. The van der Waals surface area contributed by atoms with Crippen LogP contribution in [0.15, 0.2) is 29.2 Å². The molecule has 1 aliphatic rings. The number of alkyl halides is 2. The van der Waals surface area contributed by atoms with Crippen LogP contribution in [0, 0.1) is 5.41 Å². The van der Waals surface area contributed by atoms with E-state index >= 15 is 0 Å². The third kappa shape index (κ3) is 3.92. The molecule has 0 fully saturated rings. The number of rotatable bonds is 3. The number of pyridine rings is 2. The van der Waals surface area contributed by atoms with Gasteiger partial charge in [-0.25, -0.2) is 4.79 Å². The molecule has 2 aromatic heterocycles. The van der Waals surface area contributed by atoms with Gasteiger partial charge in [0, 0.05) is 22.7 Å². The summed E-state index contributed by atoms with van der Waals surface area (Å²) in [6.45, 7) is 2.86. The van der Waals surface area contributed by atoms with E-state index in [1.54, 1.807) is 12.1 Å². The van der Waals surface area contributed by atoms with Crippen LogP contribution < -0.4 is 10.3 Å². The predicted molar refractivity (Wildman–Crippen MR) is 120 cm³/mol. The van der Waals surface area contributed by atoms with Crippen LogP contribution in [0.1, 0.15) is 55.6 Å². The Morgan fingerprint density at radius 1 is 1.33 bits per heavy atom. The van der Waals surface area contributed by atoms with E-state index in [1.165, 1.54) is 12.3 Å². The zero-order valence-electron chi connectivity index (χ0n) is 18.0. The number of H-pyrrole nitrogens is 1. The summed E-state index contributed by atoms with van der Waals surface area (Å²) in [4.78, 5) is 31.8. The van der Waals surface area contributed by atoms with Crippen molar-refractivity contribution < 1.29 is 28.2 Å². The molecule has 7 nitrogen and oxygen atoms in total. The summed E-state index contributed by atoms with van der Waals surface area (Å²) < 4.78 is 35.6. The number of aromatic amines is 1. The van der Waals surface area contributed by atoms with Gasteiger partial charge in [-0.2, -0.15) is 8.78 Å². The van der Waals surface area contributed by atoms with Gasteiger partial charge in [-0.05, 0) is 35.4 Å². The molecule has 9 heteroatoms. The first kappa shape index (κ1) is 24.2. The zero-order valence-corrected chi connectivity index (χ0v) is 18.0. The minimum atomic E-state index is -3.07. The van der Waals surface area contributed by atoms with Crippen LogP contribution in [0.3, 0.4) is 0 Å². The van der Waals surface area contributed by atoms with Crippen LogP contribution in [0.25, 0.3) is 22.2 Å². The number of aromatic nitrogens is 2. The van der Waals surface area contributed by atoms with E-state index in [-0.39, 0.29) is 35.7 Å². The standard InChI is InChI=1S/C23H22F2N2O5.CH4/c1-23(2,3)13-8-11-10-6-5-7-26-17(10)14(32-22(24)25)9-12(11)18-15(13)19(28)16(20(29)27-18)21(30)31-4;/h5-7,9,13,22H,8H2,1-4H3,(H2,27,28,29);1H4. The highest BCUT2D eigenvalue weighted by molar-refractivity contribution is 5.97. The maximum absolute atomic E-state index is 13.1. The molecule has 0 bridgehead atoms. The first-order valence-corrected chi connectivity index (χ1v) is 9.97. The molecular formula is C24H26F2N2O5. The van der Waals surface area contributed by atoms with Crippen molar-refractivity contribution in [2.75, 3.05) is 7.11 Å². The molecule has 1 unspecified atom stereocenters. The molecule has 176 valence electrons. The maximum atomic E-state index is 13.1. The Hall–Kier alpha value is -3.49. The van der Waals surface area contributed by atoms with E-state index in [2.05, 4.69) is 14.7 Å². The number of methoxy groups -OCH3 is 1. The van der Waals surface area contributed by atoms with Crippen LogP contribution >= 0.6 is 0 Å². The molecule has 0 amide bonds. The highest BCUT2D eigenvalue weighted by Crippen LogP contribution is 2.52. The molecule has 0 saturated heterocycles. The molecule has 1 aliphatic carbocycles. The van der Waals surface area contributed by atoms with Crippen molar-refractivity contribution in [1.29, 1.82) is 0 Å². The Morgan fingerprint density at radius 3 is 2.64 bits per heavy atom. The highest BCUT2D eigenvalue weighted by Gasteiger charge is 2.39. The number of aromatic hydroxyl groups is 1. The quantitative estimate of drug-likeness (QED) is 0.533. The molecule has 0 radical (unpaired) electrons. The van der Waals surface area contributed by atoms with Gasteiger partial charge in [0.1, 0.15) is 11.3 Å². The Labute approximate surface area is 189 Å². The molecule has 4 rings (SSSR count). The van der Waals surface area contributed by atoms with Crippen molar-refractivity contribution in [2.45, 2.75) is 47.1 Å². The molecule has 33 heavy (non-hydrogen) atoms. The largest absolute Gasteiger partial charge is 0.506 e. The van der Waals surface area contributed by atoms with Crippen molar-refractivity contribution in [3.63, 3.8) is 0 Å². The molecule has 1 aromatic carbocycles. The van der Waals surface area contributed by atoms with Crippen molar-refractivity contribution in [3.8, 4) is 22.8 Å². The Morgan fingerprint density at radius 2 is 2.03 bits per heavy atom. The lowest BCUT2D eigenvalue weighted by molar-refractivity contribution is -0.0489. The molecule has 1 atom stereocenters. The number of ether oxygens (including phenoxy) is 2. The van der Waals surface area contributed by atoms with E-state index in [4.69, 9.17) is 4.74 Å². The van der Waals surface area contributed by atoms with Gasteiger partial charge in [-0.15, -0.1) is 0 Å². The minimum absolute atomic E-state index is 0. The number of nitrogens with zero attached hydrogens (tertiary/aromatic N) is 1. The lowest BCUT2D eigenvalue weighted by Crippen LogP contribution is -2.29. The van der Waals surface area contributed by atoms with Crippen LogP contribution in [-0.4, -0.2) is 34.8 Å². The number of hydrogen-bond donors (Lipinski definition) is 2. The highest BCUT2D eigenvalue weighted by atomic mass is 19.3. The Bertz CT molecular complexity index is 1290. The Balaban J connectivity index is 0.00000306. The molecule has 0 spiro atoms. The van der Waals surface area contributed by atoms with Gasteiger partial charge in [0.15, 0.2) is 11.3 Å². The second-order valence-electron chi connectivity index (χ2n) is 8.76. The summed E-state index contributed by atoms with van der Waals surface area (Å²) >= 11 is 0. The average molecular weight is 460 g/mol. The van der Waals surface area contributed by atoms with E-state index < -0.39 is 29.5 Å². The van der Waals surface area contributed by atoms with Crippen molar-refractivity contribution in [3.05, 3.63) is 51.4 Å². The topological polar surface area (TPSA) is 102 Å². The second-order valence-corrected chi connectivity index (χ2v) is 8.76. The van der Waals surface area contributed by atoms with Crippen molar-refractivity contribution in [2.24, 2.45) is 5.41 Å². The fourth-order valence-corrected chi connectivity index (χ4v) is 4.40. The number of carbonyl (C=O) groups is 1. The number of nitrogens with one attached hydrogen (secondary N) is 1. The second kappa shape index (κ2) is 8.46. The van der Waals surface area contributed by atoms with Crippen molar-refractivity contribution >= 4 is 16.9 Å². The fraction of sp³-hybridized carbons (Fsp3) is 0.375. The van der Waals surface area contributed by atoms with Crippen LogP contribution in [0.4, 0.5) is 8.78 Å². The first-order chi connectivity index (χ1) is 15.0. The minimum Gasteiger partial charge on any atom is -0.506 e. The van der Waals surface area contributed by atoms with Gasteiger partial charge in [0.25, 0.3) is 5.56 Å². The molecule has 0 aliphatic heterocycles. The summed E-state index contributed by atoms with van der Waals surface area (Å²) in [6, 6.07) is 4.84. The van der Waals surface area contributed by atoms with Gasteiger partial charge in [0.05, 0.1) is 12.8 Å². The van der Waals surface area contributed by atoms with E-state index in [0.29, 0.717) is 22.9 Å². The zero-order chi connectivity index (χ0) is 23.4. The fourth-order valence-electron chi connectivity index (χ4n) is 4.40. The third-order valence-electron chi connectivity index (χ3n) is 5.87. The van der Waals surface area contributed by atoms with E-state index in [1.807, 2.05) is 20.8 Å². The predicted octanol–water partition coefficient (Wildman–Crippen LogP) is 5.01. The smallest absolute Gasteiger partial charge is 0.387 e. The lowest BCUT2D eigenvalue weighted by atomic mass is 9.67. The SMILES string of the molecule is C.COC(=O)c1c(O)c2c([nH]c1=O)-c1cc(OC(F)F)c3ncccc3c1CC2C(C)(C)C. The lowest BCUT2D eigenvalue weighted by Gasteiger charge is -2.37. The van der Waals surface area contributed by atoms with Gasteiger partial charge in [-0.1, -0.05) is 34.3 Å². The number of benzene rings is 1. The van der Waals surface area contributed by atoms with Crippen LogP contribution in [-0.2, 0) is 11.2 Å². The maximum Gasteiger partial charge on any atom is 0.387 e. The summed E-state index contributed by atoms with van der Waals surface area (Å²) in [5.74, 6) is -1.89. The molecular weight excluding hydrogens is 434 g/mol. The van der Waals surface area contributed by atoms with E-state index in [9.17, 15) is 23.5 Å². The molecule has 2 heterocycles. The van der Waals surface area contributed by atoms with E-state index in [0.717, 1.165) is 12.7 Å². The number of fused-ring (bicyclic) bond motifs is 5. The number of halogens is 2. The number of esters is 1. The van der Waals surface area contributed by atoms with Gasteiger partial charge >= 0.3 is 12.6 Å². The molecule has 3 aromatic rings. The third-order valence-corrected chi connectivity index (χ3v) is 5.87. The number of carbonyl (C=O) groups excluding carboxylic acids is 1. The first-order valence-electron chi connectivity index (χ1n) is 9.97. The van der Waals surface area contributed by atoms with Gasteiger partial charge in [-0.3, -0.25) is 9.78 Å². The molecule has 0 saturated carbocycles. The Kier molecular flexibility index (Phi) is 6.19. The average Bonchev–Trinajstić information content (AvgIpc) is 2.72. The van der Waals surface area contributed by atoms with Crippen LogP contribution in [0.2, 0.25) is 0 Å². The normalized spacial score (nSPS) is 14.9. The van der Waals surface area contributed by atoms with Crippen LogP contribution in [0.5, 0.6) is 11.5 Å². The molecule has 2 N–H and O–H groups in total. The van der Waals surface area contributed by atoms with Gasteiger partial charge in [0.2, 0.25) is 0 Å². The monoisotopic (exact) mass is 460 g/mol. The summed E-state index contributed by atoms with van der Waals surface area (Å²) in [5, 5.41) is 11.6. The summed E-state index contributed by atoms with van der Waals surface area (Å²) in [5.41, 5.74) is 0.389.